The first-order valence-electron chi connectivity index (χ1n) is 5.06. The molecule has 2 aromatic rings. The number of thiazole rings is 1. The first kappa shape index (κ1) is 11.5. The molecule has 16 heavy (non-hydrogen) atoms. The Hall–Kier alpha value is -0.940. The summed E-state index contributed by atoms with van der Waals surface area (Å²) in [6.07, 6.45) is 0.880. The zero-order valence-corrected chi connectivity index (χ0v) is 10.8. The number of aryl methyl sites for hydroxylation is 4. The third kappa shape index (κ3) is 2.59. The van der Waals surface area contributed by atoms with Crippen molar-refractivity contribution < 1.29 is 0 Å². The summed E-state index contributed by atoms with van der Waals surface area (Å²) in [4.78, 5) is 8.66. The number of alkyl halides is 1. The van der Waals surface area contributed by atoms with Gasteiger partial charge in [-0.05, 0) is 13.8 Å². The van der Waals surface area contributed by atoms with Crippen molar-refractivity contribution in [2.24, 2.45) is 0 Å². The molecule has 2 rings (SSSR count). The van der Waals surface area contributed by atoms with Crippen molar-refractivity contribution in [3.8, 4) is 0 Å². The number of halogens is 1. The Bertz CT molecular complexity index is 477. The van der Waals surface area contributed by atoms with Gasteiger partial charge in [0.2, 0.25) is 0 Å². The van der Waals surface area contributed by atoms with Gasteiger partial charge in [0, 0.05) is 18.3 Å². The van der Waals surface area contributed by atoms with Gasteiger partial charge in [-0.1, -0.05) is 0 Å². The van der Waals surface area contributed by atoms with E-state index in [0.29, 0.717) is 5.88 Å². The molecule has 0 aliphatic rings. The SMILES string of the molecule is Cc1nc(C)n(CCc2nc(CCl)cs2)n1. The fourth-order valence-electron chi connectivity index (χ4n) is 1.50. The normalized spacial score (nSPS) is 10.9. The van der Waals surface area contributed by atoms with Crippen LogP contribution in [0.3, 0.4) is 0 Å². The molecular formula is C10H13ClN4S. The average molecular weight is 257 g/mol. The standard InChI is InChI=1S/C10H13ClN4S/c1-7-12-8(2)15(14-7)4-3-10-13-9(5-11)6-16-10/h6H,3-5H2,1-2H3. The summed E-state index contributed by atoms with van der Waals surface area (Å²) in [6, 6.07) is 0. The number of nitrogens with zero attached hydrogens (tertiary/aromatic N) is 4. The highest BCUT2D eigenvalue weighted by atomic mass is 35.5. The Morgan fingerprint density at radius 2 is 2.19 bits per heavy atom. The highest BCUT2D eigenvalue weighted by Crippen LogP contribution is 2.13. The van der Waals surface area contributed by atoms with E-state index in [1.165, 1.54) is 0 Å². The van der Waals surface area contributed by atoms with Crippen molar-refractivity contribution in [3.63, 3.8) is 0 Å². The lowest BCUT2D eigenvalue weighted by molar-refractivity contribution is 0.590. The van der Waals surface area contributed by atoms with E-state index in [4.69, 9.17) is 11.6 Å². The minimum Gasteiger partial charge on any atom is -0.250 e. The van der Waals surface area contributed by atoms with E-state index in [0.717, 1.165) is 35.3 Å². The van der Waals surface area contributed by atoms with Crippen LogP contribution in [-0.2, 0) is 18.8 Å². The van der Waals surface area contributed by atoms with Crippen LogP contribution in [0.25, 0.3) is 0 Å². The summed E-state index contributed by atoms with van der Waals surface area (Å²) in [7, 11) is 0. The fraction of sp³-hybridized carbons (Fsp3) is 0.500. The van der Waals surface area contributed by atoms with E-state index in [-0.39, 0.29) is 0 Å². The molecule has 0 aromatic carbocycles. The molecule has 0 fully saturated rings. The summed E-state index contributed by atoms with van der Waals surface area (Å²) in [5.74, 6) is 2.25. The lowest BCUT2D eigenvalue weighted by Crippen LogP contribution is -2.05. The predicted octanol–water partition coefficient (Wildman–Crippen LogP) is 2.33. The van der Waals surface area contributed by atoms with Crippen LogP contribution in [0.15, 0.2) is 5.38 Å². The van der Waals surface area contributed by atoms with Crippen LogP contribution in [0, 0.1) is 13.8 Å². The lowest BCUT2D eigenvalue weighted by Gasteiger charge is -1.99. The molecule has 2 heterocycles. The molecule has 0 spiro atoms. The molecule has 6 heteroatoms. The summed E-state index contributed by atoms with van der Waals surface area (Å²) < 4.78 is 1.91. The van der Waals surface area contributed by atoms with Gasteiger partial charge < -0.3 is 0 Å². The van der Waals surface area contributed by atoms with E-state index in [1.54, 1.807) is 11.3 Å². The van der Waals surface area contributed by atoms with Gasteiger partial charge in [-0.15, -0.1) is 22.9 Å². The summed E-state index contributed by atoms with van der Waals surface area (Å²) >= 11 is 7.35. The third-order valence-corrected chi connectivity index (χ3v) is 3.47. The van der Waals surface area contributed by atoms with E-state index < -0.39 is 0 Å². The van der Waals surface area contributed by atoms with E-state index in [2.05, 4.69) is 15.1 Å². The Balaban J connectivity index is 1.99. The van der Waals surface area contributed by atoms with Crippen LogP contribution in [-0.4, -0.2) is 19.7 Å². The minimum atomic E-state index is 0.484. The van der Waals surface area contributed by atoms with Crippen molar-refractivity contribution in [1.82, 2.24) is 19.7 Å². The van der Waals surface area contributed by atoms with Crippen LogP contribution in [0.5, 0.6) is 0 Å². The maximum absolute atomic E-state index is 5.70. The topological polar surface area (TPSA) is 43.6 Å². The van der Waals surface area contributed by atoms with Crippen LogP contribution in [0.2, 0.25) is 0 Å². The van der Waals surface area contributed by atoms with Gasteiger partial charge in [-0.25, -0.2) is 14.6 Å². The highest BCUT2D eigenvalue weighted by molar-refractivity contribution is 7.09. The van der Waals surface area contributed by atoms with Crippen LogP contribution in [0.4, 0.5) is 0 Å². The van der Waals surface area contributed by atoms with E-state index in [9.17, 15) is 0 Å². The molecule has 4 nitrogen and oxygen atoms in total. The molecule has 0 saturated carbocycles. The van der Waals surface area contributed by atoms with Crippen molar-refractivity contribution in [1.29, 1.82) is 0 Å². The number of hydrogen-bond acceptors (Lipinski definition) is 4. The molecule has 0 aliphatic carbocycles. The molecule has 0 bridgehead atoms. The zero-order chi connectivity index (χ0) is 11.5. The van der Waals surface area contributed by atoms with Crippen molar-refractivity contribution in [3.05, 3.63) is 27.7 Å². The second kappa shape index (κ2) is 4.93. The summed E-state index contributed by atoms with van der Waals surface area (Å²) in [5.41, 5.74) is 0.952. The molecule has 0 aliphatic heterocycles. The predicted molar refractivity (Wildman–Crippen MR) is 64.9 cm³/mol. The quantitative estimate of drug-likeness (QED) is 0.789. The lowest BCUT2D eigenvalue weighted by atomic mass is 10.4. The number of aromatic nitrogens is 4. The van der Waals surface area contributed by atoms with Gasteiger partial charge in [0.1, 0.15) is 11.6 Å². The van der Waals surface area contributed by atoms with E-state index in [1.807, 2.05) is 23.9 Å². The minimum absolute atomic E-state index is 0.484. The largest absolute Gasteiger partial charge is 0.250 e. The van der Waals surface area contributed by atoms with Crippen molar-refractivity contribution in [2.45, 2.75) is 32.7 Å². The maximum Gasteiger partial charge on any atom is 0.147 e. The molecule has 0 atom stereocenters. The van der Waals surface area contributed by atoms with Gasteiger partial charge in [0.25, 0.3) is 0 Å². The van der Waals surface area contributed by atoms with Gasteiger partial charge in [-0.3, -0.25) is 0 Å². The Morgan fingerprint density at radius 3 is 2.75 bits per heavy atom. The summed E-state index contributed by atoms with van der Waals surface area (Å²) in [5, 5.41) is 7.41. The van der Waals surface area contributed by atoms with Gasteiger partial charge in [0.15, 0.2) is 0 Å². The first-order chi connectivity index (χ1) is 7.69. The second-order valence-electron chi connectivity index (χ2n) is 3.55. The van der Waals surface area contributed by atoms with E-state index >= 15 is 0 Å². The maximum atomic E-state index is 5.70. The second-order valence-corrected chi connectivity index (χ2v) is 4.76. The smallest absolute Gasteiger partial charge is 0.147 e. The average Bonchev–Trinajstić information content (AvgIpc) is 2.82. The van der Waals surface area contributed by atoms with Gasteiger partial charge in [0.05, 0.1) is 16.6 Å². The monoisotopic (exact) mass is 256 g/mol. The Morgan fingerprint density at radius 1 is 1.38 bits per heavy atom. The highest BCUT2D eigenvalue weighted by Gasteiger charge is 2.05. The molecule has 86 valence electrons. The molecular weight excluding hydrogens is 244 g/mol. The van der Waals surface area contributed by atoms with Gasteiger partial charge >= 0.3 is 0 Å². The number of hydrogen-bond donors (Lipinski definition) is 0. The fourth-order valence-corrected chi connectivity index (χ4v) is 2.52. The Kier molecular flexibility index (Phi) is 3.56. The molecule has 0 radical (unpaired) electrons. The van der Waals surface area contributed by atoms with Crippen LogP contribution < -0.4 is 0 Å². The summed E-state index contributed by atoms with van der Waals surface area (Å²) in [6.45, 7) is 4.69. The van der Waals surface area contributed by atoms with Gasteiger partial charge in [-0.2, -0.15) is 5.10 Å². The number of rotatable bonds is 4. The molecule has 0 saturated heterocycles. The van der Waals surface area contributed by atoms with Crippen LogP contribution in [0.1, 0.15) is 22.4 Å². The van der Waals surface area contributed by atoms with Crippen molar-refractivity contribution in [2.75, 3.05) is 0 Å². The first-order valence-corrected chi connectivity index (χ1v) is 6.47. The molecule has 2 aromatic heterocycles. The molecule has 0 N–H and O–H groups in total. The van der Waals surface area contributed by atoms with Crippen molar-refractivity contribution >= 4 is 22.9 Å². The third-order valence-electron chi connectivity index (χ3n) is 2.24. The van der Waals surface area contributed by atoms with Crippen LogP contribution >= 0.6 is 22.9 Å². The Labute approximate surface area is 103 Å². The molecule has 0 amide bonds. The molecule has 0 unspecified atom stereocenters. The zero-order valence-electron chi connectivity index (χ0n) is 9.27.